The van der Waals surface area contributed by atoms with Gasteiger partial charge in [0.2, 0.25) is 11.0 Å². The van der Waals surface area contributed by atoms with Crippen LogP contribution >= 0.6 is 23.1 Å². The first-order valence-electron chi connectivity index (χ1n) is 8.10. The zero-order valence-corrected chi connectivity index (χ0v) is 16.5. The third-order valence-corrected chi connectivity index (χ3v) is 5.31. The van der Waals surface area contributed by atoms with Crippen molar-refractivity contribution in [1.82, 2.24) is 19.7 Å². The summed E-state index contributed by atoms with van der Waals surface area (Å²) in [7, 11) is 1.63. The number of amides is 1. The number of benzene rings is 1. The number of nitrogens with one attached hydrogen (secondary N) is 1. The highest BCUT2D eigenvalue weighted by Gasteiger charge is 2.13. The number of anilines is 1. The number of ether oxygens (including phenoxy) is 1. The second kappa shape index (κ2) is 8.98. The molecule has 0 fully saturated rings. The quantitative estimate of drug-likeness (QED) is 0.555. The number of carbonyl (C=O) groups is 1. The molecule has 0 saturated heterocycles. The Morgan fingerprint density at radius 3 is 2.74 bits per heavy atom. The van der Waals surface area contributed by atoms with Gasteiger partial charge < -0.3 is 14.4 Å². The van der Waals surface area contributed by atoms with E-state index in [4.69, 9.17) is 4.74 Å². The fraction of sp³-hybridized carbons (Fsp3) is 0.294. The summed E-state index contributed by atoms with van der Waals surface area (Å²) in [5, 5.41) is 21.8. The van der Waals surface area contributed by atoms with Crippen LogP contribution in [-0.2, 0) is 17.9 Å². The Morgan fingerprint density at radius 1 is 1.33 bits per heavy atom. The first-order chi connectivity index (χ1) is 13.1. The number of aromatic nitrogens is 4. The molecule has 2 N–H and O–H groups in total. The Kier molecular flexibility index (Phi) is 6.43. The molecule has 8 nitrogen and oxygen atoms in total. The van der Waals surface area contributed by atoms with E-state index in [1.165, 1.54) is 23.1 Å². The third kappa shape index (κ3) is 5.28. The predicted molar refractivity (Wildman–Crippen MR) is 104 cm³/mol. The predicted octanol–water partition coefficient (Wildman–Crippen LogP) is 2.32. The summed E-state index contributed by atoms with van der Waals surface area (Å²) in [5.41, 5.74) is 1.62. The van der Waals surface area contributed by atoms with Crippen LogP contribution < -0.4 is 10.1 Å². The maximum Gasteiger partial charge on any atom is 0.236 e. The van der Waals surface area contributed by atoms with Gasteiger partial charge in [-0.1, -0.05) is 35.2 Å². The number of hydrogen-bond acceptors (Lipinski definition) is 8. The topological polar surface area (TPSA) is 102 Å². The zero-order valence-electron chi connectivity index (χ0n) is 14.9. The number of aryl methyl sites for hydroxylation is 1. The van der Waals surface area contributed by atoms with E-state index in [1.54, 1.807) is 13.3 Å². The van der Waals surface area contributed by atoms with Crippen LogP contribution in [-0.4, -0.2) is 43.6 Å². The van der Waals surface area contributed by atoms with Crippen molar-refractivity contribution in [3.05, 3.63) is 46.7 Å². The number of methoxy groups -OCH3 is 1. The number of imidazole rings is 1. The Bertz CT molecular complexity index is 908. The van der Waals surface area contributed by atoms with Crippen LogP contribution in [0.1, 0.15) is 16.3 Å². The van der Waals surface area contributed by atoms with E-state index in [2.05, 4.69) is 20.5 Å². The summed E-state index contributed by atoms with van der Waals surface area (Å²) in [6.45, 7) is 2.25. The van der Waals surface area contributed by atoms with Gasteiger partial charge >= 0.3 is 0 Å². The van der Waals surface area contributed by atoms with E-state index >= 15 is 0 Å². The standard InChI is InChI=1S/C17H19N5O3S2/c1-11-20-21-16(27-11)19-15(24)10-26-17-18-13(9-23)8-22(17)7-12-3-5-14(25-2)6-4-12/h3-6,8,23H,7,9-10H2,1-2H3,(H,19,21,24). The van der Waals surface area contributed by atoms with Gasteiger partial charge in [0.25, 0.3) is 0 Å². The highest BCUT2D eigenvalue weighted by Crippen LogP contribution is 2.21. The second-order valence-corrected chi connectivity index (χ2v) is 7.74. The van der Waals surface area contributed by atoms with Crippen molar-refractivity contribution in [1.29, 1.82) is 0 Å². The lowest BCUT2D eigenvalue weighted by Crippen LogP contribution is -2.14. The lowest BCUT2D eigenvalue weighted by atomic mass is 10.2. The lowest BCUT2D eigenvalue weighted by molar-refractivity contribution is -0.113. The summed E-state index contributed by atoms with van der Waals surface area (Å²) in [6.07, 6.45) is 1.79. The maximum atomic E-state index is 12.1. The number of hydrogen-bond donors (Lipinski definition) is 2. The Morgan fingerprint density at radius 2 is 2.11 bits per heavy atom. The smallest absolute Gasteiger partial charge is 0.236 e. The molecule has 0 saturated carbocycles. The summed E-state index contributed by atoms with van der Waals surface area (Å²) in [4.78, 5) is 16.5. The highest BCUT2D eigenvalue weighted by molar-refractivity contribution is 7.99. The van der Waals surface area contributed by atoms with Gasteiger partial charge in [0.1, 0.15) is 10.8 Å². The molecule has 27 heavy (non-hydrogen) atoms. The zero-order chi connectivity index (χ0) is 19.2. The van der Waals surface area contributed by atoms with Gasteiger partial charge in [-0.05, 0) is 24.6 Å². The Hall–Kier alpha value is -2.43. The molecule has 1 aromatic carbocycles. The van der Waals surface area contributed by atoms with Crippen LogP contribution in [0, 0.1) is 6.92 Å². The number of thioether (sulfide) groups is 1. The van der Waals surface area contributed by atoms with Gasteiger partial charge in [-0.2, -0.15) is 0 Å². The van der Waals surface area contributed by atoms with Crippen molar-refractivity contribution in [2.45, 2.75) is 25.2 Å². The minimum absolute atomic E-state index is 0.153. The van der Waals surface area contributed by atoms with Crippen molar-refractivity contribution < 1.29 is 14.6 Å². The second-order valence-electron chi connectivity index (χ2n) is 5.61. The van der Waals surface area contributed by atoms with Crippen molar-refractivity contribution >= 4 is 34.1 Å². The minimum Gasteiger partial charge on any atom is -0.497 e. The molecule has 0 aliphatic rings. The summed E-state index contributed by atoms with van der Waals surface area (Å²) >= 11 is 2.63. The van der Waals surface area contributed by atoms with E-state index < -0.39 is 0 Å². The van der Waals surface area contributed by atoms with Crippen molar-refractivity contribution in [3.63, 3.8) is 0 Å². The molecule has 2 aromatic heterocycles. The normalized spacial score (nSPS) is 10.8. The van der Waals surface area contributed by atoms with Crippen LogP contribution in [0.25, 0.3) is 0 Å². The molecule has 2 heterocycles. The number of nitrogens with zero attached hydrogens (tertiary/aromatic N) is 4. The molecular weight excluding hydrogens is 386 g/mol. The molecule has 1 amide bonds. The van der Waals surface area contributed by atoms with E-state index in [9.17, 15) is 9.90 Å². The Labute approximate surface area is 164 Å². The van der Waals surface area contributed by atoms with Crippen molar-refractivity contribution in [2.75, 3.05) is 18.2 Å². The van der Waals surface area contributed by atoms with E-state index in [1.807, 2.05) is 35.8 Å². The minimum atomic E-state index is -0.180. The van der Waals surface area contributed by atoms with Crippen LogP contribution in [0.2, 0.25) is 0 Å². The number of carbonyl (C=O) groups excluding carboxylic acids is 1. The van der Waals surface area contributed by atoms with Gasteiger partial charge in [0.05, 0.1) is 25.2 Å². The summed E-state index contributed by atoms with van der Waals surface area (Å²) < 4.78 is 7.09. The number of rotatable bonds is 8. The molecule has 0 radical (unpaired) electrons. The highest BCUT2D eigenvalue weighted by atomic mass is 32.2. The van der Waals surface area contributed by atoms with Crippen LogP contribution in [0.4, 0.5) is 5.13 Å². The lowest BCUT2D eigenvalue weighted by Gasteiger charge is -2.08. The molecule has 10 heteroatoms. The van der Waals surface area contributed by atoms with Crippen LogP contribution in [0.3, 0.4) is 0 Å². The average molecular weight is 406 g/mol. The molecule has 0 spiro atoms. The molecule has 0 atom stereocenters. The van der Waals surface area contributed by atoms with Gasteiger partial charge in [-0.3, -0.25) is 10.1 Å². The van der Waals surface area contributed by atoms with E-state index in [0.29, 0.717) is 22.5 Å². The maximum absolute atomic E-state index is 12.1. The van der Waals surface area contributed by atoms with Crippen molar-refractivity contribution in [3.8, 4) is 5.75 Å². The van der Waals surface area contributed by atoms with Crippen molar-refractivity contribution in [2.24, 2.45) is 0 Å². The van der Waals surface area contributed by atoms with E-state index in [0.717, 1.165) is 16.3 Å². The first kappa shape index (κ1) is 19.3. The molecule has 0 aliphatic carbocycles. The number of aliphatic hydroxyl groups is 1. The van der Waals surface area contributed by atoms with Gasteiger partial charge in [-0.25, -0.2) is 4.98 Å². The fourth-order valence-electron chi connectivity index (χ4n) is 2.32. The largest absolute Gasteiger partial charge is 0.497 e. The first-order valence-corrected chi connectivity index (χ1v) is 9.90. The Balaban J connectivity index is 1.65. The molecule has 142 valence electrons. The summed E-state index contributed by atoms with van der Waals surface area (Å²) in [6, 6.07) is 7.72. The van der Waals surface area contributed by atoms with E-state index in [-0.39, 0.29) is 18.3 Å². The third-order valence-electron chi connectivity index (χ3n) is 3.57. The fourth-order valence-corrected chi connectivity index (χ4v) is 3.72. The van der Waals surface area contributed by atoms with Gasteiger partial charge in [0.15, 0.2) is 5.16 Å². The SMILES string of the molecule is COc1ccc(Cn2cc(CO)nc2SCC(=O)Nc2nnc(C)s2)cc1. The van der Waals surface area contributed by atoms with Crippen LogP contribution in [0.15, 0.2) is 35.6 Å². The summed E-state index contributed by atoms with van der Waals surface area (Å²) in [5.74, 6) is 0.794. The number of aliphatic hydroxyl groups excluding tert-OH is 1. The van der Waals surface area contributed by atoms with Gasteiger partial charge in [0, 0.05) is 12.7 Å². The van der Waals surface area contributed by atoms with Crippen LogP contribution in [0.5, 0.6) is 5.75 Å². The monoisotopic (exact) mass is 405 g/mol. The molecule has 3 rings (SSSR count). The average Bonchev–Trinajstić information content (AvgIpc) is 3.26. The molecule has 0 unspecified atom stereocenters. The molecule has 3 aromatic rings. The molecular formula is C17H19N5O3S2. The molecule has 0 bridgehead atoms. The van der Waals surface area contributed by atoms with Gasteiger partial charge in [-0.15, -0.1) is 10.2 Å². The molecule has 0 aliphatic heterocycles.